The van der Waals surface area contributed by atoms with E-state index in [0.717, 1.165) is 30.2 Å². The van der Waals surface area contributed by atoms with E-state index in [-0.39, 0.29) is 11.7 Å². The largest absolute Gasteiger partial charge is 0.495 e. The van der Waals surface area contributed by atoms with Crippen molar-refractivity contribution in [3.63, 3.8) is 0 Å². The molecule has 9 heteroatoms. The molecule has 2 heterocycles. The van der Waals surface area contributed by atoms with Gasteiger partial charge in [0.2, 0.25) is 5.91 Å². The summed E-state index contributed by atoms with van der Waals surface area (Å²) < 4.78 is 7.32. The Kier molecular flexibility index (Phi) is 5.89. The van der Waals surface area contributed by atoms with Crippen LogP contribution in [0.5, 0.6) is 5.75 Å². The molecule has 1 fully saturated rings. The lowest BCUT2D eigenvalue weighted by molar-refractivity contribution is -0.113. The number of ether oxygens (including phenoxy) is 1. The summed E-state index contributed by atoms with van der Waals surface area (Å²) in [6, 6.07) is 9.77. The fourth-order valence-corrected chi connectivity index (χ4v) is 4.65. The number of rotatable bonds is 8. The first-order chi connectivity index (χ1) is 13.6. The smallest absolute Gasteiger partial charge is 0.234 e. The number of halogens is 1. The fraction of sp³-hybridized carbons (Fsp3) is 0.316. The van der Waals surface area contributed by atoms with Gasteiger partial charge in [-0.25, -0.2) is 0 Å². The number of thioether (sulfide) groups is 1. The predicted molar refractivity (Wildman–Crippen MR) is 113 cm³/mol. The summed E-state index contributed by atoms with van der Waals surface area (Å²) in [7, 11) is 1.55. The van der Waals surface area contributed by atoms with Gasteiger partial charge < -0.3 is 14.6 Å². The summed E-state index contributed by atoms with van der Waals surface area (Å²) in [5, 5.41) is 14.9. The molecule has 28 heavy (non-hydrogen) atoms. The molecule has 0 saturated heterocycles. The predicted octanol–water partition coefficient (Wildman–Crippen LogP) is 4.66. The molecule has 1 N–H and O–H groups in total. The minimum absolute atomic E-state index is 0.114. The Morgan fingerprint density at radius 2 is 2.25 bits per heavy atom. The van der Waals surface area contributed by atoms with Gasteiger partial charge in [0, 0.05) is 23.0 Å². The second-order valence-corrected chi connectivity index (χ2v) is 8.82. The molecule has 1 saturated carbocycles. The van der Waals surface area contributed by atoms with Crippen LogP contribution < -0.4 is 10.1 Å². The van der Waals surface area contributed by atoms with Crippen LogP contribution in [-0.4, -0.2) is 33.5 Å². The Balaban J connectivity index is 1.40. The summed E-state index contributed by atoms with van der Waals surface area (Å²) in [5.74, 6) is 1.68. The minimum Gasteiger partial charge on any atom is -0.495 e. The molecule has 1 aromatic carbocycles. The molecule has 0 aliphatic heterocycles. The van der Waals surface area contributed by atoms with Gasteiger partial charge in [0.25, 0.3) is 0 Å². The van der Waals surface area contributed by atoms with Gasteiger partial charge in [0.05, 0.1) is 17.9 Å². The first-order valence-electron chi connectivity index (χ1n) is 8.86. The summed E-state index contributed by atoms with van der Waals surface area (Å²) in [5.41, 5.74) is 0.637. The Morgan fingerprint density at radius 3 is 2.93 bits per heavy atom. The van der Waals surface area contributed by atoms with E-state index in [2.05, 4.69) is 31.5 Å². The number of amides is 1. The normalized spacial score (nSPS) is 13.5. The Hall–Kier alpha value is -2.03. The third-order valence-corrected chi connectivity index (χ3v) is 6.44. The van der Waals surface area contributed by atoms with Crippen molar-refractivity contribution < 1.29 is 9.53 Å². The molecular weight excluding hydrogens is 416 g/mol. The molecular formula is C19H19ClN4O2S2. The number of hydrogen-bond acceptors (Lipinski definition) is 6. The molecule has 0 spiro atoms. The number of nitrogens with zero attached hydrogens (tertiary/aromatic N) is 3. The highest BCUT2D eigenvalue weighted by Crippen LogP contribution is 2.39. The maximum absolute atomic E-state index is 12.3. The van der Waals surface area contributed by atoms with E-state index >= 15 is 0 Å². The highest BCUT2D eigenvalue weighted by molar-refractivity contribution is 7.99. The Labute approximate surface area is 176 Å². The van der Waals surface area contributed by atoms with Crippen molar-refractivity contribution in [3.8, 4) is 5.75 Å². The number of hydrogen-bond donors (Lipinski definition) is 1. The zero-order valence-electron chi connectivity index (χ0n) is 15.2. The monoisotopic (exact) mass is 434 g/mol. The maximum atomic E-state index is 12.3. The van der Waals surface area contributed by atoms with Gasteiger partial charge in [-0.3, -0.25) is 4.79 Å². The van der Waals surface area contributed by atoms with Crippen molar-refractivity contribution >= 4 is 46.3 Å². The molecule has 0 unspecified atom stereocenters. The molecule has 0 radical (unpaired) electrons. The molecule has 2 aromatic heterocycles. The lowest BCUT2D eigenvalue weighted by Gasteiger charge is -2.09. The third kappa shape index (κ3) is 4.51. The van der Waals surface area contributed by atoms with Gasteiger partial charge in [0.1, 0.15) is 11.6 Å². The van der Waals surface area contributed by atoms with Crippen LogP contribution in [0.4, 0.5) is 5.69 Å². The summed E-state index contributed by atoms with van der Waals surface area (Å²) in [6.07, 6.45) is 3.05. The van der Waals surface area contributed by atoms with E-state index < -0.39 is 0 Å². The van der Waals surface area contributed by atoms with Crippen LogP contribution in [0.25, 0.3) is 0 Å². The Morgan fingerprint density at radius 1 is 1.39 bits per heavy atom. The number of anilines is 1. The molecule has 1 amide bonds. The van der Waals surface area contributed by atoms with Crippen LogP contribution in [0.1, 0.15) is 29.6 Å². The number of nitrogens with one attached hydrogen (secondary N) is 1. The highest BCUT2D eigenvalue weighted by atomic mass is 35.5. The van der Waals surface area contributed by atoms with Crippen LogP contribution in [0.15, 0.2) is 40.9 Å². The van der Waals surface area contributed by atoms with E-state index in [0.29, 0.717) is 22.5 Å². The van der Waals surface area contributed by atoms with E-state index in [1.165, 1.54) is 16.6 Å². The number of carbonyl (C=O) groups excluding carboxylic acids is 1. The van der Waals surface area contributed by atoms with Crippen LogP contribution >= 0.6 is 34.7 Å². The van der Waals surface area contributed by atoms with Crippen molar-refractivity contribution in [1.29, 1.82) is 0 Å². The quantitative estimate of drug-likeness (QED) is 0.522. The SMILES string of the molecule is COc1ccc(NC(=O)CSc2nnc(Cc3cccs3)n2C2CC2)cc1Cl. The third-order valence-electron chi connectivity index (χ3n) is 4.33. The van der Waals surface area contributed by atoms with Crippen LogP contribution in [0.3, 0.4) is 0 Å². The number of methoxy groups -OCH3 is 1. The summed E-state index contributed by atoms with van der Waals surface area (Å²) >= 11 is 9.24. The van der Waals surface area contributed by atoms with Gasteiger partial charge in [-0.15, -0.1) is 21.5 Å². The fourth-order valence-electron chi connectivity index (χ4n) is 2.87. The molecule has 3 aromatic rings. The van der Waals surface area contributed by atoms with Gasteiger partial charge in [-0.1, -0.05) is 29.4 Å². The number of thiophene rings is 1. The van der Waals surface area contributed by atoms with E-state index in [1.54, 1.807) is 36.6 Å². The Bertz CT molecular complexity index is 970. The van der Waals surface area contributed by atoms with Crippen LogP contribution in [0.2, 0.25) is 5.02 Å². The van der Waals surface area contributed by atoms with Crippen molar-refractivity contribution in [1.82, 2.24) is 14.8 Å². The molecule has 6 nitrogen and oxygen atoms in total. The molecule has 0 atom stereocenters. The lowest BCUT2D eigenvalue weighted by Crippen LogP contribution is -2.14. The van der Waals surface area contributed by atoms with Gasteiger partial charge in [0.15, 0.2) is 5.16 Å². The van der Waals surface area contributed by atoms with E-state index in [4.69, 9.17) is 16.3 Å². The lowest BCUT2D eigenvalue weighted by atomic mass is 10.3. The van der Waals surface area contributed by atoms with Crippen molar-refractivity contribution in [2.75, 3.05) is 18.2 Å². The van der Waals surface area contributed by atoms with Gasteiger partial charge in [-0.2, -0.15) is 0 Å². The van der Waals surface area contributed by atoms with Crippen molar-refractivity contribution in [2.24, 2.45) is 0 Å². The van der Waals surface area contributed by atoms with Crippen molar-refractivity contribution in [2.45, 2.75) is 30.5 Å². The summed E-state index contributed by atoms with van der Waals surface area (Å²) in [6.45, 7) is 0. The second kappa shape index (κ2) is 8.55. The first kappa shape index (κ1) is 19.3. The first-order valence-corrected chi connectivity index (χ1v) is 11.1. The van der Waals surface area contributed by atoms with Crippen molar-refractivity contribution in [3.05, 3.63) is 51.4 Å². The van der Waals surface area contributed by atoms with Gasteiger partial charge in [-0.05, 0) is 42.5 Å². The van der Waals surface area contributed by atoms with Crippen LogP contribution in [0, 0.1) is 0 Å². The standard InChI is InChI=1S/C19H19ClN4O2S2/c1-26-16-7-4-12(9-15(16)20)21-18(25)11-28-19-23-22-17(24(19)13-5-6-13)10-14-3-2-8-27-14/h2-4,7-9,13H,5-6,10-11H2,1H3,(H,21,25). The average Bonchev–Trinajstić information content (AvgIpc) is 3.23. The van der Waals surface area contributed by atoms with E-state index in [1.807, 2.05) is 6.07 Å². The molecule has 1 aliphatic rings. The van der Waals surface area contributed by atoms with Gasteiger partial charge >= 0.3 is 0 Å². The second-order valence-electron chi connectivity index (χ2n) is 6.44. The number of carbonyl (C=O) groups is 1. The number of benzene rings is 1. The molecule has 0 bridgehead atoms. The zero-order valence-corrected chi connectivity index (χ0v) is 17.6. The molecule has 146 valence electrons. The van der Waals surface area contributed by atoms with Crippen LogP contribution in [-0.2, 0) is 11.2 Å². The topological polar surface area (TPSA) is 69.0 Å². The van der Waals surface area contributed by atoms with E-state index in [9.17, 15) is 4.79 Å². The average molecular weight is 435 g/mol. The summed E-state index contributed by atoms with van der Waals surface area (Å²) in [4.78, 5) is 13.6. The zero-order chi connectivity index (χ0) is 19.5. The molecule has 1 aliphatic carbocycles. The highest BCUT2D eigenvalue weighted by Gasteiger charge is 2.30. The molecule has 4 rings (SSSR count). The minimum atomic E-state index is -0.114. The number of aromatic nitrogens is 3. The maximum Gasteiger partial charge on any atom is 0.234 e.